The number of carbonyl (C=O) groups is 2. The third kappa shape index (κ3) is 8.49. The topological polar surface area (TPSA) is 107 Å². The van der Waals surface area contributed by atoms with Gasteiger partial charge in [-0.05, 0) is 59.4 Å². The van der Waals surface area contributed by atoms with Gasteiger partial charge in [-0.25, -0.2) is 13.8 Å². The van der Waals surface area contributed by atoms with Crippen LogP contribution in [0.4, 0.5) is 14.6 Å². The molecule has 1 unspecified atom stereocenters. The zero-order valence-corrected chi connectivity index (χ0v) is 23.5. The first kappa shape index (κ1) is 30.7. The fraction of sp³-hybridized carbons (Fsp3) is 0.654. The molecule has 1 aromatic rings. The summed E-state index contributed by atoms with van der Waals surface area (Å²) >= 11 is 5.58. The minimum Gasteiger partial charge on any atom is -0.389 e. The van der Waals surface area contributed by atoms with E-state index in [2.05, 4.69) is 20.6 Å². The van der Waals surface area contributed by atoms with Crippen LogP contribution >= 0.6 is 12.2 Å². The summed E-state index contributed by atoms with van der Waals surface area (Å²) in [5, 5.41) is 15.6. The van der Waals surface area contributed by atoms with Crippen molar-refractivity contribution in [3.05, 3.63) is 23.4 Å². The predicted octanol–water partition coefficient (Wildman–Crippen LogP) is 3.92. The second kappa shape index (κ2) is 12.8. The van der Waals surface area contributed by atoms with Crippen molar-refractivity contribution < 1.29 is 23.5 Å². The molecule has 1 aromatic heterocycles. The van der Waals surface area contributed by atoms with Crippen LogP contribution in [0.3, 0.4) is 0 Å². The maximum atomic E-state index is 14.2. The van der Waals surface area contributed by atoms with Gasteiger partial charge in [-0.2, -0.15) is 0 Å². The van der Waals surface area contributed by atoms with Crippen molar-refractivity contribution in [3.8, 4) is 0 Å². The molecular formula is C26H39F2N5O3S. The molecule has 3 atom stereocenters. The molecule has 11 heteroatoms. The number of amides is 2. The smallest absolute Gasteiger partial charge is 0.265 e. The van der Waals surface area contributed by atoms with E-state index in [-0.39, 0.29) is 52.1 Å². The van der Waals surface area contributed by atoms with Crippen molar-refractivity contribution in [1.29, 1.82) is 0 Å². The van der Waals surface area contributed by atoms with E-state index < -0.39 is 29.9 Å². The van der Waals surface area contributed by atoms with Crippen LogP contribution in [0.5, 0.6) is 0 Å². The molecule has 1 aliphatic rings. The minimum atomic E-state index is -2.87. The first-order chi connectivity index (χ1) is 17.1. The monoisotopic (exact) mass is 539 g/mol. The highest BCUT2D eigenvalue weighted by atomic mass is 32.1. The van der Waals surface area contributed by atoms with Crippen LogP contribution in [0.1, 0.15) is 78.9 Å². The molecule has 1 fully saturated rings. The van der Waals surface area contributed by atoms with Crippen LogP contribution in [0.2, 0.25) is 0 Å². The minimum absolute atomic E-state index is 0.00327. The van der Waals surface area contributed by atoms with Crippen LogP contribution in [0.25, 0.3) is 0 Å². The number of rotatable bonds is 11. The van der Waals surface area contributed by atoms with Crippen LogP contribution < -0.4 is 10.6 Å². The summed E-state index contributed by atoms with van der Waals surface area (Å²) in [5.41, 5.74) is -1.60. The summed E-state index contributed by atoms with van der Waals surface area (Å²) in [5.74, 6) is -0.501. The second-order valence-corrected chi connectivity index (χ2v) is 11.1. The number of carbonyl (C=O) groups excluding carboxylic acids is 2. The highest BCUT2D eigenvalue weighted by Crippen LogP contribution is 2.28. The highest BCUT2D eigenvalue weighted by molar-refractivity contribution is 7.81. The number of thiocarbonyl (C=S) groups is 1. The summed E-state index contributed by atoms with van der Waals surface area (Å²) < 4.78 is 28.3. The van der Waals surface area contributed by atoms with Crippen LogP contribution in [-0.4, -0.2) is 74.2 Å². The summed E-state index contributed by atoms with van der Waals surface area (Å²) in [6.45, 7) is 12.8. The molecule has 0 bridgehead atoms. The third-order valence-electron chi connectivity index (χ3n) is 6.46. The fourth-order valence-electron chi connectivity index (χ4n) is 3.80. The van der Waals surface area contributed by atoms with Gasteiger partial charge in [-0.1, -0.05) is 26.1 Å². The lowest BCUT2D eigenvalue weighted by Crippen LogP contribution is -2.45. The number of pyridine rings is 1. The molecule has 206 valence electrons. The van der Waals surface area contributed by atoms with Crippen molar-refractivity contribution >= 4 is 40.4 Å². The number of nitrogens with zero attached hydrogens (tertiary/aromatic N) is 3. The molecular weight excluding hydrogens is 500 g/mol. The van der Waals surface area contributed by atoms with Gasteiger partial charge >= 0.3 is 0 Å². The Hall–Kier alpha value is -2.53. The van der Waals surface area contributed by atoms with Gasteiger partial charge in [0.1, 0.15) is 5.82 Å². The Morgan fingerprint density at radius 3 is 2.49 bits per heavy atom. The Morgan fingerprint density at radius 1 is 1.32 bits per heavy atom. The lowest BCUT2D eigenvalue weighted by Gasteiger charge is -2.26. The number of anilines is 1. The van der Waals surface area contributed by atoms with Crippen molar-refractivity contribution in [2.45, 2.75) is 91.5 Å². The summed E-state index contributed by atoms with van der Waals surface area (Å²) in [4.78, 5) is 36.3. The molecule has 2 amide bonds. The maximum absolute atomic E-state index is 14.2. The fourth-order valence-corrected chi connectivity index (χ4v) is 4.13. The molecule has 0 aliphatic carbocycles. The molecule has 1 saturated heterocycles. The van der Waals surface area contributed by atoms with E-state index >= 15 is 0 Å². The van der Waals surface area contributed by atoms with Gasteiger partial charge in [0, 0.05) is 42.5 Å². The quantitative estimate of drug-likeness (QED) is 0.224. The highest BCUT2D eigenvalue weighted by Gasteiger charge is 2.35. The average Bonchev–Trinajstić information content (AvgIpc) is 3.25. The Balaban J connectivity index is 2.47. The first-order valence-electron chi connectivity index (χ1n) is 12.6. The zero-order valence-electron chi connectivity index (χ0n) is 22.6. The number of nitrogens with one attached hydrogen (secondary N) is 2. The molecule has 3 N–H and O–H groups in total. The zero-order chi connectivity index (χ0) is 28.1. The lowest BCUT2D eigenvalue weighted by molar-refractivity contribution is -0.131. The summed E-state index contributed by atoms with van der Waals surface area (Å²) in [6, 6.07) is -0.167. The first-order valence-corrected chi connectivity index (χ1v) is 13.0. The lowest BCUT2D eigenvalue weighted by atomic mass is 10.0. The van der Waals surface area contributed by atoms with Crippen molar-refractivity contribution in [2.75, 3.05) is 18.4 Å². The number of hydrogen-bond donors (Lipinski definition) is 3. The molecule has 0 spiro atoms. The van der Waals surface area contributed by atoms with Crippen LogP contribution in [-0.2, 0) is 9.59 Å². The molecule has 37 heavy (non-hydrogen) atoms. The van der Waals surface area contributed by atoms with Gasteiger partial charge in [0.25, 0.3) is 18.2 Å². The Morgan fingerprint density at radius 2 is 1.97 bits per heavy atom. The van der Waals surface area contributed by atoms with E-state index in [1.165, 1.54) is 33.0 Å². The number of aliphatic imine (C=N–C) groups is 1. The molecule has 0 aromatic carbocycles. The number of hydrogen-bond acceptors (Lipinski definition) is 7. The van der Waals surface area contributed by atoms with Gasteiger partial charge in [-0.15, -0.1) is 0 Å². The van der Waals surface area contributed by atoms with E-state index in [1.807, 2.05) is 27.7 Å². The van der Waals surface area contributed by atoms with Gasteiger partial charge in [-0.3, -0.25) is 14.6 Å². The van der Waals surface area contributed by atoms with Crippen LogP contribution in [0, 0.1) is 5.92 Å². The van der Waals surface area contributed by atoms with Crippen molar-refractivity contribution in [3.63, 3.8) is 0 Å². The van der Waals surface area contributed by atoms with Gasteiger partial charge in [0.05, 0.1) is 16.2 Å². The number of aliphatic hydroxyl groups is 1. The average molecular weight is 540 g/mol. The number of alkyl halides is 2. The van der Waals surface area contributed by atoms with E-state index in [9.17, 15) is 23.5 Å². The number of halogens is 2. The molecule has 1 aliphatic heterocycles. The van der Waals surface area contributed by atoms with E-state index in [0.717, 1.165) is 12.8 Å². The third-order valence-corrected chi connectivity index (χ3v) is 6.91. The Labute approximate surface area is 223 Å². The maximum Gasteiger partial charge on any atom is 0.265 e. The van der Waals surface area contributed by atoms with Gasteiger partial charge < -0.3 is 20.6 Å². The van der Waals surface area contributed by atoms with E-state index in [1.54, 1.807) is 4.90 Å². The van der Waals surface area contributed by atoms with Crippen molar-refractivity contribution in [1.82, 2.24) is 15.2 Å². The molecule has 0 saturated carbocycles. The SMILES string of the molecule is C/C(=N\C(C(=O)N1CCC[C@@H]1C)C(=S)c1cnc(N[C@@H](C)C(C)C)cc1C(F)F)C(=O)NCC(C)(C)O. The molecule has 2 heterocycles. The Bertz CT molecular complexity index is 1030. The Kier molecular flexibility index (Phi) is 10.6. The number of aromatic nitrogens is 1. The largest absolute Gasteiger partial charge is 0.389 e. The number of likely N-dealkylation sites (tertiary alicyclic amines) is 1. The van der Waals surface area contributed by atoms with Crippen molar-refractivity contribution in [2.24, 2.45) is 10.9 Å². The standard InChI is InChI=1S/C26H39F2N5O3S/c1-14(2)16(4)31-20-11-18(23(27)28)19(12-29-20)22(37)21(25(35)33-10-8-9-15(33)3)32-17(5)24(34)30-13-26(6,7)36/h11-12,14-16,21,23,36H,8-10,13H2,1-7H3,(H,29,31)(H,30,34)/b32-17+/t15-,16-,21?/m0/s1. The van der Waals surface area contributed by atoms with Gasteiger partial charge in [0.15, 0.2) is 6.04 Å². The summed E-state index contributed by atoms with van der Waals surface area (Å²) in [6.07, 6.45) is -0.0172. The van der Waals surface area contributed by atoms with Crippen LogP contribution in [0.15, 0.2) is 17.3 Å². The van der Waals surface area contributed by atoms with Gasteiger partial charge in [0.2, 0.25) is 0 Å². The normalized spacial score (nSPS) is 18.2. The summed E-state index contributed by atoms with van der Waals surface area (Å²) in [7, 11) is 0. The predicted molar refractivity (Wildman–Crippen MR) is 145 cm³/mol. The second-order valence-electron chi connectivity index (χ2n) is 10.6. The molecule has 2 rings (SSSR count). The van der Waals surface area contributed by atoms with E-state index in [4.69, 9.17) is 12.2 Å². The van der Waals surface area contributed by atoms with E-state index in [0.29, 0.717) is 6.54 Å². The molecule has 8 nitrogen and oxygen atoms in total. The molecule has 0 radical (unpaired) electrons.